The molecule has 0 aliphatic rings. The van der Waals surface area contributed by atoms with Crippen molar-refractivity contribution in [2.75, 3.05) is 25.2 Å². The normalized spacial score (nSPS) is 16.3. The number of hydrogen-bond donors (Lipinski definition) is 1. The highest BCUT2D eigenvalue weighted by Crippen LogP contribution is 1.86. The number of halogens is 1. The van der Waals surface area contributed by atoms with E-state index in [-0.39, 0.29) is 12.7 Å². The van der Waals surface area contributed by atoms with Gasteiger partial charge in [0.1, 0.15) is 0 Å². The first-order valence-electron chi connectivity index (χ1n) is 3.76. The molecular weight excluding hydrogens is 165 g/mol. The van der Waals surface area contributed by atoms with Gasteiger partial charge >= 0.3 is 0 Å². The molecule has 11 heavy (non-hydrogen) atoms. The van der Waals surface area contributed by atoms with E-state index in [0.29, 0.717) is 18.7 Å². The molecular formula is C7H16FNOS. The van der Waals surface area contributed by atoms with E-state index in [9.17, 15) is 8.60 Å². The number of alkyl halides is 1. The van der Waals surface area contributed by atoms with Gasteiger partial charge in [-0.25, -0.2) is 0 Å². The number of rotatable bonds is 6. The van der Waals surface area contributed by atoms with E-state index in [4.69, 9.17) is 0 Å². The molecule has 0 aromatic carbocycles. The Hall–Kier alpha value is 0.0400. The van der Waals surface area contributed by atoms with Crippen molar-refractivity contribution in [1.29, 1.82) is 0 Å². The fourth-order valence-corrected chi connectivity index (χ4v) is 1.65. The third-order valence-corrected chi connectivity index (χ3v) is 2.26. The third kappa shape index (κ3) is 7.94. The molecule has 0 aromatic heterocycles. The van der Waals surface area contributed by atoms with Gasteiger partial charge in [-0.05, 0) is 19.9 Å². The van der Waals surface area contributed by atoms with Crippen LogP contribution in [0.1, 0.15) is 13.3 Å². The van der Waals surface area contributed by atoms with Crippen LogP contribution >= 0.6 is 0 Å². The summed E-state index contributed by atoms with van der Waals surface area (Å²) in [6, 6.07) is 0.229. The highest BCUT2D eigenvalue weighted by Gasteiger charge is 2.01. The second kappa shape index (κ2) is 6.73. The van der Waals surface area contributed by atoms with E-state index in [2.05, 4.69) is 5.32 Å². The molecule has 0 amide bonds. The fraction of sp³-hybridized carbons (Fsp3) is 1.00. The molecule has 2 nitrogen and oxygen atoms in total. The van der Waals surface area contributed by atoms with Crippen molar-refractivity contribution in [1.82, 2.24) is 5.32 Å². The fourth-order valence-electron chi connectivity index (χ4n) is 0.826. The van der Waals surface area contributed by atoms with Crippen LogP contribution in [-0.2, 0) is 10.8 Å². The Balaban J connectivity index is 3.22. The van der Waals surface area contributed by atoms with Crippen molar-refractivity contribution in [3.63, 3.8) is 0 Å². The van der Waals surface area contributed by atoms with Crippen LogP contribution < -0.4 is 5.32 Å². The third-order valence-electron chi connectivity index (χ3n) is 1.29. The molecule has 0 aromatic rings. The van der Waals surface area contributed by atoms with Crippen LogP contribution in [0.4, 0.5) is 4.39 Å². The molecule has 4 heteroatoms. The van der Waals surface area contributed by atoms with Gasteiger partial charge in [0.15, 0.2) is 0 Å². The van der Waals surface area contributed by atoms with Crippen LogP contribution in [0, 0.1) is 0 Å². The molecule has 0 rings (SSSR count). The SMILES string of the molecule is CC(CS(C)=O)NCCCF. The predicted molar refractivity (Wildman–Crippen MR) is 47.0 cm³/mol. The van der Waals surface area contributed by atoms with Crippen LogP contribution in [-0.4, -0.2) is 35.5 Å². The number of hydrogen-bond acceptors (Lipinski definition) is 2. The van der Waals surface area contributed by atoms with Crippen LogP contribution in [0.5, 0.6) is 0 Å². The van der Waals surface area contributed by atoms with E-state index in [1.54, 1.807) is 6.26 Å². The summed E-state index contributed by atoms with van der Waals surface area (Å²) in [5.41, 5.74) is 0. The quantitative estimate of drug-likeness (QED) is 0.611. The highest BCUT2D eigenvalue weighted by molar-refractivity contribution is 7.84. The monoisotopic (exact) mass is 181 g/mol. The molecule has 0 aliphatic carbocycles. The lowest BCUT2D eigenvalue weighted by atomic mass is 10.3. The Bertz CT molecular complexity index is 121. The Morgan fingerprint density at radius 1 is 1.64 bits per heavy atom. The van der Waals surface area contributed by atoms with Crippen LogP contribution in [0.3, 0.4) is 0 Å². The van der Waals surface area contributed by atoms with Crippen LogP contribution in [0.25, 0.3) is 0 Å². The van der Waals surface area contributed by atoms with Crippen molar-refractivity contribution < 1.29 is 8.60 Å². The summed E-state index contributed by atoms with van der Waals surface area (Å²) in [6.07, 6.45) is 2.22. The summed E-state index contributed by atoms with van der Waals surface area (Å²) in [6.45, 7) is 2.35. The molecule has 2 atom stereocenters. The first-order chi connectivity index (χ1) is 5.16. The van der Waals surface area contributed by atoms with E-state index in [0.717, 1.165) is 0 Å². The lowest BCUT2D eigenvalue weighted by molar-refractivity contribution is 0.449. The molecule has 0 heterocycles. The van der Waals surface area contributed by atoms with Crippen LogP contribution in [0.15, 0.2) is 0 Å². The summed E-state index contributed by atoms with van der Waals surface area (Å²) >= 11 is 0. The first-order valence-corrected chi connectivity index (χ1v) is 5.49. The molecule has 0 saturated carbocycles. The summed E-state index contributed by atoms with van der Waals surface area (Å²) in [5, 5.41) is 3.08. The van der Waals surface area contributed by atoms with Gasteiger partial charge in [0, 0.05) is 28.9 Å². The number of nitrogens with one attached hydrogen (secondary N) is 1. The lowest BCUT2D eigenvalue weighted by Gasteiger charge is -2.10. The maximum atomic E-state index is 11.6. The van der Waals surface area contributed by atoms with E-state index >= 15 is 0 Å². The molecule has 68 valence electrons. The Morgan fingerprint density at radius 3 is 2.73 bits per heavy atom. The van der Waals surface area contributed by atoms with Gasteiger partial charge in [-0.2, -0.15) is 0 Å². The molecule has 0 radical (unpaired) electrons. The maximum absolute atomic E-state index is 11.6. The zero-order valence-electron chi connectivity index (χ0n) is 7.10. The topological polar surface area (TPSA) is 29.1 Å². The highest BCUT2D eigenvalue weighted by atomic mass is 32.2. The van der Waals surface area contributed by atoms with Crippen molar-refractivity contribution in [2.24, 2.45) is 0 Å². The second-order valence-electron chi connectivity index (χ2n) is 2.64. The van der Waals surface area contributed by atoms with Crippen molar-refractivity contribution in [3.05, 3.63) is 0 Å². The van der Waals surface area contributed by atoms with Gasteiger partial charge < -0.3 is 5.32 Å². The Kier molecular flexibility index (Phi) is 6.76. The standard InChI is InChI=1S/C7H16FNOS/c1-7(6-11(2)10)9-5-3-4-8/h7,9H,3-6H2,1-2H3. The molecule has 0 fully saturated rings. The largest absolute Gasteiger partial charge is 0.313 e. The van der Waals surface area contributed by atoms with E-state index < -0.39 is 10.8 Å². The summed E-state index contributed by atoms with van der Waals surface area (Å²) in [7, 11) is -0.757. The van der Waals surface area contributed by atoms with Crippen molar-refractivity contribution >= 4 is 10.8 Å². The summed E-state index contributed by atoms with van der Waals surface area (Å²) < 4.78 is 22.3. The van der Waals surface area contributed by atoms with Crippen LogP contribution in [0.2, 0.25) is 0 Å². The maximum Gasteiger partial charge on any atom is 0.0906 e. The molecule has 0 saturated heterocycles. The average molecular weight is 181 g/mol. The minimum absolute atomic E-state index is 0.229. The molecule has 2 unspecified atom stereocenters. The lowest BCUT2D eigenvalue weighted by Crippen LogP contribution is -2.31. The first kappa shape index (κ1) is 11.0. The Morgan fingerprint density at radius 2 is 2.27 bits per heavy atom. The predicted octanol–water partition coefficient (Wildman–Crippen LogP) is 0.703. The molecule has 0 aliphatic heterocycles. The minimum atomic E-state index is -0.757. The molecule has 0 bridgehead atoms. The summed E-state index contributed by atoms with van der Waals surface area (Å²) in [4.78, 5) is 0. The van der Waals surface area contributed by atoms with Gasteiger partial charge in [-0.1, -0.05) is 0 Å². The Labute approximate surface area is 70.0 Å². The summed E-state index contributed by atoms with van der Waals surface area (Å²) in [5.74, 6) is 0.645. The van der Waals surface area contributed by atoms with Gasteiger partial charge in [-0.15, -0.1) is 0 Å². The van der Waals surface area contributed by atoms with Gasteiger partial charge in [0.2, 0.25) is 0 Å². The van der Waals surface area contributed by atoms with Gasteiger partial charge in [0.25, 0.3) is 0 Å². The van der Waals surface area contributed by atoms with E-state index in [1.807, 2.05) is 6.92 Å². The van der Waals surface area contributed by atoms with Crippen molar-refractivity contribution in [3.8, 4) is 0 Å². The van der Waals surface area contributed by atoms with Crippen molar-refractivity contribution in [2.45, 2.75) is 19.4 Å². The van der Waals surface area contributed by atoms with E-state index in [1.165, 1.54) is 0 Å². The zero-order chi connectivity index (χ0) is 8.69. The molecule has 1 N–H and O–H groups in total. The second-order valence-corrected chi connectivity index (χ2v) is 4.12. The van der Waals surface area contributed by atoms with Gasteiger partial charge in [0.05, 0.1) is 6.67 Å². The minimum Gasteiger partial charge on any atom is -0.313 e. The van der Waals surface area contributed by atoms with Gasteiger partial charge in [-0.3, -0.25) is 8.60 Å². The smallest absolute Gasteiger partial charge is 0.0906 e. The molecule has 0 spiro atoms. The zero-order valence-corrected chi connectivity index (χ0v) is 7.92. The average Bonchev–Trinajstić information content (AvgIpc) is 1.86.